The van der Waals surface area contributed by atoms with Crippen LogP contribution in [-0.2, 0) is 6.61 Å². The highest BCUT2D eigenvalue weighted by molar-refractivity contribution is 5.50. The van der Waals surface area contributed by atoms with E-state index in [4.69, 9.17) is 18.9 Å². The predicted molar refractivity (Wildman–Crippen MR) is 134 cm³/mol. The maximum atomic E-state index is 6.11. The predicted octanol–water partition coefficient (Wildman–Crippen LogP) is 4.68. The van der Waals surface area contributed by atoms with Crippen LogP contribution in [0.1, 0.15) is 29.2 Å². The molecule has 3 aromatic carbocycles. The van der Waals surface area contributed by atoms with Crippen molar-refractivity contribution in [2.24, 2.45) is 0 Å². The van der Waals surface area contributed by atoms with E-state index in [-0.39, 0.29) is 6.04 Å². The normalized spacial score (nSPS) is 15.3. The van der Waals surface area contributed by atoms with E-state index < -0.39 is 0 Å². The van der Waals surface area contributed by atoms with Crippen molar-refractivity contribution in [3.63, 3.8) is 0 Å². The monoisotopic (exact) mass is 462 g/mol. The number of methoxy groups -OCH3 is 3. The Hall–Kier alpha value is -3.22. The summed E-state index contributed by atoms with van der Waals surface area (Å²) >= 11 is 0. The number of nitrogens with zero attached hydrogens (tertiary/aromatic N) is 1. The molecule has 6 nitrogen and oxygen atoms in total. The van der Waals surface area contributed by atoms with Gasteiger partial charge in [-0.05, 0) is 48.4 Å². The zero-order valence-corrected chi connectivity index (χ0v) is 20.3. The average Bonchev–Trinajstić information content (AvgIpc) is 3.18. The molecule has 1 atom stereocenters. The van der Waals surface area contributed by atoms with Crippen LogP contribution in [0.15, 0.2) is 66.7 Å². The molecule has 1 fully saturated rings. The molecule has 1 N–H and O–H groups in total. The Morgan fingerprint density at radius 1 is 0.794 bits per heavy atom. The fraction of sp³-hybridized carbons (Fsp3) is 0.357. The van der Waals surface area contributed by atoms with Crippen LogP contribution in [0.3, 0.4) is 0 Å². The van der Waals surface area contributed by atoms with E-state index in [1.54, 1.807) is 21.3 Å². The third-order valence-corrected chi connectivity index (χ3v) is 6.22. The van der Waals surface area contributed by atoms with Gasteiger partial charge in [-0.15, -0.1) is 0 Å². The number of ether oxygens (including phenoxy) is 4. The van der Waals surface area contributed by atoms with Gasteiger partial charge in [0.1, 0.15) is 18.1 Å². The van der Waals surface area contributed by atoms with Crippen molar-refractivity contribution in [1.29, 1.82) is 0 Å². The summed E-state index contributed by atoms with van der Waals surface area (Å²) in [6.07, 6.45) is 1.09. The quantitative estimate of drug-likeness (QED) is 0.499. The van der Waals surface area contributed by atoms with Crippen LogP contribution in [0.25, 0.3) is 0 Å². The highest BCUT2D eigenvalue weighted by Gasteiger charge is 2.27. The van der Waals surface area contributed by atoms with Crippen molar-refractivity contribution in [2.45, 2.75) is 19.1 Å². The molecule has 1 aliphatic heterocycles. The van der Waals surface area contributed by atoms with Crippen LogP contribution in [-0.4, -0.2) is 52.4 Å². The number of rotatable bonds is 9. The van der Waals surface area contributed by atoms with Crippen LogP contribution in [0.5, 0.6) is 23.0 Å². The molecule has 1 saturated heterocycles. The Balaban J connectivity index is 1.69. The summed E-state index contributed by atoms with van der Waals surface area (Å²) in [6, 6.07) is 22.4. The standard InChI is InChI=1S/C28H34N2O4/c1-31-23-11-12-24(26(19-23)32-2)28(30-16-7-14-29-15-17-30)22-10-13-25(27(18-22)33-3)34-20-21-8-5-4-6-9-21/h4-6,8-13,18-19,28-29H,7,14-17,20H2,1-3H3. The molecule has 3 aromatic rings. The van der Waals surface area contributed by atoms with Crippen LogP contribution in [0, 0.1) is 0 Å². The SMILES string of the molecule is COc1ccc(C(c2ccc(OCc3ccccc3)c(OC)c2)N2CCCNCC2)c(OC)c1. The van der Waals surface area contributed by atoms with E-state index in [9.17, 15) is 0 Å². The molecule has 6 heteroatoms. The molecule has 0 spiro atoms. The second kappa shape index (κ2) is 11.8. The first-order valence-electron chi connectivity index (χ1n) is 11.7. The number of hydrogen-bond acceptors (Lipinski definition) is 6. The molecule has 0 amide bonds. The molecule has 34 heavy (non-hydrogen) atoms. The van der Waals surface area contributed by atoms with E-state index >= 15 is 0 Å². The molecule has 0 bridgehead atoms. The molecule has 0 saturated carbocycles. The maximum Gasteiger partial charge on any atom is 0.161 e. The fourth-order valence-electron chi connectivity index (χ4n) is 4.47. The number of hydrogen-bond donors (Lipinski definition) is 1. The summed E-state index contributed by atoms with van der Waals surface area (Å²) in [5.41, 5.74) is 3.35. The average molecular weight is 463 g/mol. The minimum atomic E-state index is 0.0119. The van der Waals surface area contributed by atoms with Gasteiger partial charge in [0.05, 0.1) is 27.4 Å². The van der Waals surface area contributed by atoms with E-state index in [1.165, 1.54) is 0 Å². The van der Waals surface area contributed by atoms with E-state index in [0.717, 1.165) is 72.3 Å². The minimum Gasteiger partial charge on any atom is -0.497 e. The number of nitrogens with one attached hydrogen (secondary N) is 1. The first-order chi connectivity index (χ1) is 16.7. The van der Waals surface area contributed by atoms with Crippen molar-refractivity contribution < 1.29 is 18.9 Å². The van der Waals surface area contributed by atoms with Crippen molar-refractivity contribution in [3.8, 4) is 23.0 Å². The molecular weight excluding hydrogens is 428 g/mol. The van der Waals surface area contributed by atoms with Crippen LogP contribution in [0.4, 0.5) is 0 Å². The third-order valence-electron chi connectivity index (χ3n) is 6.22. The van der Waals surface area contributed by atoms with Gasteiger partial charge in [0, 0.05) is 31.3 Å². The largest absolute Gasteiger partial charge is 0.497 e. The molecule has 4 rings (SSSR count). The summed E-state index contributed by atoms with van der Waals surface area (Å²) in [5, 5.41) is 3.51. The lowest BCUT2D eigenvalue weighted by molar-refractivity contribution is 0.234. The maximum absolute atomic E-state index is 6.11. The van der Waals surface area contributed by atoms with Gasteiger partial charge in [-0.3, -0.25) is 4.90 Å². The van der Waals surface area contributed by atoms with Crippen molar-refractivity contribution in [1.82, 2.24) is 10.2 Å². The molecule has 1 heterocycles. The highest BCUT2D eigenvalue weighted by atomic mass is 16.5. The topological polar surface area (TPSA) is 52.2 Å². The lowest BCUT2D eigenvalue weighted by Crippen LogP contribution is -2.33. The zero-order chi connectivity index (χ0) is 23.8. The van der Waals surface area contributed by atoms with Gasteiger partial charge >= 0.3 is 0 Å². The minimum absolute atomic E-state index is 0.0119. The molecule has 1 unspecified atom stereocenters. The van der Waals surface area contributed by atoms with Gasteiger partial charge in [-0.25, -0.2) is 0 Å². The highest BCUT2D eigenvalue weighted by Crippen LogP contribution is 2.40. The van der Waals surface area contributed by atoms with Crippen LogP contribution in [0.2, 0.25) is 0 Å². The molecule has 1 aliphatic rings. The second-order valence-electron chi connectivity index (χ2n) is 8.33. The smallest absolute Gasteiger partial charge is 0.161 e. The Morgan fingerprint density at radius 3 is 2.38 bits per heavy atom. The first-order valence-corrected chi connectivity index (χ1v) is 11.7. The van der Waals surface area contributed by atoms with Crippen LogP contribution < -0.4 is 24.3 Å². The summed E-state index contributed by atoms with van der Waals surface area (Å²) in [4.78, 5) is 2.50. The molecule has 180 valence electrons. The van der Waals surface area contributed by atoms with Gasteiger partial charge in [0.15, 0.2) is 11.5 Å². The van der Waals surface area contributed by atoms with E-state index in [1.807, 2.05) is 36.4 Å². The van der Waals surface area contributed by atoms with E-state index in [0.29, 0.717) is 6.61 Å². The molecule has 0 aromatic heterocycles. The Morgan fingerprint density at radius 2 is 1.62 bits per heavy atom. The van der Waals surface area contributed by atoms with Crippen molar-refractivity contribution in [3.05, 3.63) is 83.4 Å². The summed E-state index contributed by atoms with van der Waals surface area (Å²) in [5.74, 6) is 3.04. The summed E-state index contributed by atoms with van der Waals surface area (Å²) in [7, 11) is 5.07. The lowest BCUT2D eigenvalue weighted by atomic mass is 9.95. The van der Waals surface area contributed by atoms with Crippen molar-refractivity contribution >= 4 is 0 Å². The molecular formula is C28H34N2O4. The first kappa shape index (κ1) is 23.9. The second-order valence-corrected chi connectivity index (χ2v) is 8.33. The summed E-state index contributed by atoms with van der Waals surface area (Å²) in [6.45, 7) is 4.39. The van der Waals surface area contributed by atoms with Gasteiger partial charge in [0.2, 0.25) is 0 Å². The Labute approximate surface area is 202 Å². The molecule has 0 aliphatic carbocycles. The Kier molecular flexibility index (Phi) is 8.28. The Bertz CT molecular complexity index is 1050. The fourth-order valence-corrected chi connectivity index (χ4v) is 4.47. The van der Waals surface area contributed by atoms with E-state index in [2.05, 4.69) is 40.5 Å². The third kappa shape index (κ3) is 5.64. The van der Waals surface area contributed by atoms with Crippen LogP contribution >= 0.6 is 0 Å². The van der Waals surface area contributed by atoms with Crippen molar-refractivity contribution in [2.75, 3.05) is 47.5 Å². The molecule has 0 radical (unpaired) electrons. The van der Waals surface area contributed by atoms with Gasteiger partial charge in [-0.1, -0.05) is 36.4 Å². The van der Waals surface area contributed by atoms with Gasteiger partial charge in [-0.2, -0.15) is 0 Å². The number of benzene rings is 3. The zero-order valence-electron chi connectivity index (χ0n) is 20.3. The summed E-state index contributed by atoms with van der Waals surface area (Å²) < 4.78 is 23.1. The van der Waals surface area contributed by atoms with Gasteiger partial charge < -0.3 is 24.3 Å². The van der Waals surface area contributed by atoms with Gasteiger partial charge in [0.25, 0.3) is 0 Å². The lowest BCUT2D eigenvalue weighted by Gasteiger charge is -2.32.